The van der Waals surface area contributed by atoms with E-state index in [4.69, 9.17) is 5.73 Å². The summed E-state index contributed by atoms with van der Waals surface area (Å²) in [4.78, 5) is 0. The van der Waals surface area contributed by atoms with Gasteiger partial charge in [-0.05, 0) is 18.8 Å². The van der Waals surface area contributed by atoms with Gasteiger partial charge in [-0.15, -0.1) is 0 Å². The third kappa shape index (κ3) is 4.66. The van der Waals surface area contributed by atoms with Crippen molar-refractivity contribution in [1.29, 1.82) is 0 Å². The zero-order valence-corrected chi connectivity index (χ0v) is 9.10. The van der Waals surface area contributed by atoms with Gasteiger partial charge >= 0.3 is 0 Å². The second-order valence-corrected chi connectivity index (χ2v) is 4.62. The SMILES string of the molecule is CCC(N)CC1CCCCCCC1. The van der Waals surface area contributed by atoms with Crippen LogP contribution in [0, 0.1) is 5.92 Å². The first-order valence-corrected chi connectivity index (χ1v) is 6.08. The minimum atomic E-state index is 0.462. The van der Waals surface area contributed by atoms with Crippen molar-refractivity contribution in [1.82, 2.24) is 0 Å². The minimum absolute atomic E-state index is 0.462. The predicted octanol–water partition coefficient (Wildman–Crippen LogP) is 3.47. The fourth-order valence-corrected chi connectivity index (χ4v) is 2.37. The lowest BCUT2D eigenvalue weighted by atomic mass is 9.86. The molecule has 78 valence electrons. The number of nitrogens with two attached hydrogens (primary N) is 1. The minimum Gasteiger partial charge on any atom is -0.328 e. The molecule has 0 spiro atoms. The Kier molecular flexibility index (Phi) is 5.45. The van der Waals surface area contributed by atoms with E-state index in [0.717, 1.165) is 12.3 Å². The molecule has 1 atom stereocenters. The van der Waals surface area contributed by atoms with Crippen molar-refractivity contribution in [2.45, 2.75) is 70.8 Å². The molecule has 0 heterocycles. The van der Waals surface area contributed by atoms with Crippen molar-refractivity contribution >= 4 is 0 Å². The molecule has 0 aromatic rings. The summed E-state index contributed by atoms with van der Waals surface area (Å²) in [6.45, 7) is 2.20. The first kappa shape index (κ1) is 11.0. The van der Waals surface area contributed by atoms with Crippen LogP contribution in [-0.4, -0.2) is 6.04 Å². The van der Waals surface area contributed by atoms with E-state index in [2.05, 4.69) is 6.92 Å². The van der Waals surface area contributed by atoms with E-state index in [9.17, 15) is 0 Å². The van der Waals surface area contributed by atoms with E-state index < -0.39 is 0 Å². The van der Waals surface area contributed by atoms with Crippen LogP contribution in [0.4, 0.5) is 0 Å². The van der Waals surface area contributed by atoms with Crippen LogP contribution in [0.2, 0.25) is 0 Å². The van der Waals surface area contributed by atoms with E-state index in [1.807, 2.05) is 0 Å². The topological polar surface area (TPSA) is 26.0 Å². The number of hydrogen-bond acceptors (Lipinski definition) is 1. The van der Waals surface area contributed by atoms with Crippen molar-refractivity contribution < 1.29 is 0 Å². The van der Waals surface area contributed by atoms with Gasteiger partial charge in [-0.25, -0.2) is 0 Å². The third-order valence-electron chi connectivity index (χ3n) is 3.39. The van der Waals surface area contributed by atoms with E-state index in [0.29, 0.717) is 6.04 Å². The van der Waals surface area contributed by atoms with Crippen LogP contribution >= 0.6 is 0 Å². The van der Waals surface area contributed by atoms with E-state index >= 15 is 0 Å². The maximum absolute atomic E-state index is 5.99. The molecule has 1 aliphatic carbocycles. The van der Waals surface area contributed by atoms with Gasteiger partial charge in [0.2, 0.25) is 0 Å². The molecule has 1 heteroatoms. The van der Waals surface area contributed by atoms with Gasteiger partial charge in [0.1, 0.15) is 0 Å². The van der Waals surface area contributed by atoms with Gasteiger partial charge in [0.25, 0.3) is 0 Å². The first-order chi connectivity index (χ1) is 6.33. The molecule has 0 bridgehead atoms. The van der Waals surface area contributed by atoms with Crippen LogP contribution in [0.5, 0.6) is 0 Å². The average Bonchev–Trinajstić information content (AvgIpc) is 2.09. The zero-order chi connectivity index (χ0) is 9.52. The van der Waals surface area contributed by atoms with Crippen LogP contribution in [0.15, 0.2) is 0 Å². The highest BCUT2D eigenvalue weighted by atomic mass is 14.6. The van der Waals surface area contributed by atoms with Crippen LogP contribution in [0.25, 0.3) is 0 Å². The summed E-state index contributed by atoms with van der Waals surface area (Å²) in [5.41, 5.74) is 5.99. The molecule has 0 saturated heterocycles. The van der Waals surface area contributed by atoms with Crippen molar-refractivity contribution in [3.05, 3.63) is 0 Å². The highest BCUT2D eigenvalue weighted by Crippen LogP contribution is 2.25. The molecular weight excluding hydrogens is 158 g/mol. The van der Waals surface area contributed by atoms with E-state index in [1.165, 1.54) is 51.4 Å². The van der Waals surface area contributed by atoms with Gasteiger partial charge in [-0.3, -0.25) is 0 Å². The van der Waals surface area contributed by atoms with Gasteiger partial charge < -0.3 is 5.73 Å². The van der Waals surface area contributed by atoms with Crippen molar-refractivity contribution in [3.63, 3.8) is 0 Å². The summed E-state index contributed by atoms with van der Waals surface area (Å²) in [6.07, 6.45) is 12.6. The number of hydrogen-bond donors (Lipinski definition) is 1. The zero-order valence-electron chi connectivity index (χ0n) is 9.10. The summed E-state index contributed by atoms with van der Waals surface area (Å²) < 4.78 is 0. The van der Waals surface area contributed by atoms with Gasteiger partial charge in [-0.1, -0.05) is 51.9 Å². The summed E-state index contributed by atoms with van der Waals surface area (Å²) in [5, 5.41) is 0. The average molecular weight is 183 g/mol. The monoisotopic (exact) mass is 183 g/mol. The predicted molar refractivity (Wildman–Crippen MR) is 58.7 cm³/mol. The van der Waals surface area contributed by atoms with E-state index in [1.54, 1.807) is 0 Å². The largest absolute Gasteiger partial charge is 0.328 e. The highest BCUT2D eigenvalue weighted by molar-refractivity contribution is 4.69. The Morgan fingerprint density at radius 3 is 2.15 bits per heavy atom. The Bertz CT molecular complexity index is 114. The lowest BCUT2D eigenvalue weighted by Gasteiger charge is -2.22. The van der Waals surface area contributed by atoms with Crippen molar-refractivity contribution in [3.8, 4) is 0 Å². The molecule has 2 N–H and O–H groups in total. The van der Waals surface area contributed by atoms with Crippen LogP contribution in [0.3, 0.4) is 0 Å². The molecule has 0 amide bonds. The summed E-state index contributed by atoms with van der Waals surface area (Å²) in [7, 11) is 0. The Balaban J connectivity index is 2.21. The van der Waals surface area contributed by atoms with Crippen molar-refractivity contribution in [2.24, 2.45) is 11.7 Å². The maximum Gasteiger partial charge on any atom is 0.00388 e. The van der Waals surface area contributed by atoms with Crippen LogP contribution < -0.4 is 5.73 Å². The summed E-state index contributed by atoms with van der Waals surface area (Å²) in [6, 6.07) is 0.462. The molecule has 1 aliphatic rings. The van der Waals surface area contributed by atoms with Gasteiger partial charge in [0.15, 0.2) is 0 Å². The van der Waals surface area contributed by atoms with Gasteiger partial charge in [0.05, 0.1) is 0 Å². The summed E-state index contributed by atoms with van der Waals surface area (Å²) in [5.74, 6) is 0.940. The molecule has 0 aromatic carbocycles. The highest BCUT2D eigenvalue weighted by Gasteiger charge is 2.13. The van der Waals surface area contributed by atoms with Crippen LogP contribution in [0.1, 0.15) is 64.7 Å². The normalized spacial score (nSPS) is 23.5. The molecule has 1 saturated carbocycles. The molecule has 0 aliphatic heterocycles. The Morgan fingerprint density at radius 2 is 1.62 bits per heavy atom. The fourth-order valence-electron chi connectivity index (χ4n) is 2.37. The summed E-state index contributed by atoms with van der Waals surface area (Å²) >= 11 is 0. The lowest BCUT2D eigenvalue weighted by Crippen LogP contribution is -2.23. The fraction of sp³-hybridized carbons (Fsp3) is 1.00. The van der Waals surface area contributed by atoms with Crippen molar-refractivity contribution in [2.75, 3.05) is 0 Å². The third-order valence-corrected chi connectivity index (χ3v) is 3.39. The molecular formula is C12H25N. The second kappa shape index (κ2) is 6.42. The Hall–Kier alpha value is -0.0400. The van der Waals surface area contributed by atoms with Crippen LogP contribution in [-0.2, 0) is 0 Å². The maximum atomic E-state index is 5.99. The smallest absolute Gasteiger partial charge is 0.00388 e. The quantitative estimate of drug-likeness (QED) is 0.712. The molecule has 0 aromatic heterocycles. The second-order valence-electron chi connectivity index (χ2n) is 4.62. The Labute approximate surface area is 83.1 Å². The number of rotatable bonds is 3. The van der Waals surface area contributed by atoms with Gasteiger partial charge in [-0.2, -0.15) is 0 Å². The molecule has 1 fully saturated rings. The van der Waals surface area contributed by atoms with E-state index in [-0.39, 0.29) is 0 Å². The molecule has 13 heavy (non-hydrogen) atoms. The first-order valence-electron chi connectivity index (χ1n) is 6.08. The molecule has 1 rings (SSSR count). The molecule has 1 nitrogen and oxygen atoms in total. The Morgan fingerprint density at radius 1 is 1.08 bits per heavy atom. The standard InChI is InChI=1S/C12H25N/c1-2-12(13)10-11-8-6-4-3-5-7-9-11/h11-12H,2-10,13H2,1H3. The molecule has 1 unspecified atom stereocenters. The lowest BCUT2D eigenvalue weighted by molar-refractivity contribution is 0.333. The van der Waals surface area contributed by atoms with Gasteiger partial charge in [0, 0.05) is 6.04 Å². The molecule has 0 radical (unpaired) electrons.